The van der Waals surface area contributed by atoms with E-state index in [1.807, 2.05) is 24.3 Å². The van der Waals surface area contributed by atoms with Crippen LogP contribution >= 0.6 is 11.3 Å². The van der Waals surface area contributed by atoms with Crippen molar-refractivity contribution in [2.75, 3.05) is 5.73 Å². The van der Waals surface area contributed by atoms with Gasteiger partial charge in [0.15, 0.2) is 0 Å². The van der Waals surface area contributed by atoms with Crippen molar-refractivity contribution in [3.63, 3.8) is 0 Å². The lowest BCUT2D eigenvalue weighted by molar-refractivity contribution is 0.440. The van der Waals surface area contributed by atoms with Gasteiger partial charge in [0.25, 0.3) is 5.56 Å². The molecule has 0 spiro atoms. The maximum atomic E-state index is 12.6. The van der Waals surface area contributed by atoms with Crippen molar-refractivity contribution in [2.45, 2.75) is 38.0 Å². The van der Waals surface area contributed by atoms with Crippen LogP contribution in [0.4, 0.5) is 11.5 Å². The Labute approximate surface area is 160 Å². The van der Waals surface area contributed by atoms with Gasteiger partial charge in [0.2, 0.25) is 4.96 Å². The van der Waals surface area contributed by atoms with Crippen LogP contribution in [0.15, 0.2) is 34.1 Å². The Kier molecular flexibility index (Phi) is 3.89. The summed E-state index contributed by atoms with van der Waals surface area (Å²) in [6.07, 6.45) is 9.58. The molecule has 3 aromatic rings. The largest absolute Gasteiger partial charge is 0.383 e. The number of hydrogen-bond donors (Lipinski definition) is 1. The Morgan fingerprint density at radius 1 is 1.19 bits per heavy atom. The number of aliphatic imine (C=N–C) groups is 1. The van der Waals surface area contributed by atoms with E-state index in [1.54, 1.807) is 16.8 Å². The molecule has 1 saturated carbocycles. The van der Waals surface area contributed by atoms with E-state index in [0.717, 1.165) is 34.7 Å². The fourth-order valence-electron chi connectivity index (χ4n) is 3.86. The molecule has 6 nitrogen and oxygen atoms in total. The number of nitrogens with zero attached hydrogens (tertiary/aromatic N) is 4. The fraction of sp³-hybridized carbons (Fsp3) is 0.300. The highest BCUT2D eigenvalue weighted by Gasteiger charge is 2.22. The third-order valence-electron chi connectivity index (χ3n) is 5.32. The summed E-state index contributed by atoms with van der Waals surface area (Å²) in [6, 6.07) is 7.83. The second-order valence-corrected chi connectivity index (χ2v) is 8.05. The quantitative estimate of drug-likeness (QED) is 0.730. The van der Waals surface area contributed by atoms with E-state index in [-0.39, 0.29) is 5.56 Å². The molecule has 2 aliphatic rings. The standard InChI is InChI=1S/C20H19N5OS/c21-17-15(10-13-11-22-16-9-5-4-8-14(13)16)18(26)23-20-25(17)24-19(27-20)12-6-2-1-3-7-12/h4-5,8-12H,1-3,6-7,21H2/b13-10-. The van der Waals surface area contributed by atoms with Gasteiger partial charge in [-0.2, -0.15) is 14.6 Å². The van der Waals surface area contributed by atoms with Crippen LogP contribution in [0, 0.1) is 0 Å². The second kappa shape index (κ2) is 6.42. The molecule has 1 aliphatic carbocycles. The first-order valence-corrected chi connectivity index (χ1v) is 10.1. The Morgan fingerprint density at radius 3 is 2.85 bits per heavy atom. The Balaban J connectivity index is 1.60. The molecule has 0 saturated heterocycles. The lowest BCUT2D eigenvalue weighted by Crippen LogP contribution is -2.17. The summed E-state index contributed by atoms with van der Waals surface area (Å²) < 4.78 is 1.63. The monoisotopic (exact) mass is 377 g/mol. The minimum absolute atomic E-state index is 0.323. The summed E-state index contributed by atoms with van der Waals surface area (Å²) in [4.78, 5) is 21.8. The highest BCUT2D eigenvalue weighted by Crippen LogP contribution is 2.36. The van der Waals surface area contributed by atoms with Gasteiger partial charge in [-0.3, -0.25) is 9.79 Å². The number of fused-ring (bicyclic) bond motifs is 2. The normalized spacial score (nSPS) is 18.4. The van der Waals surface area contributed by atoms with Gasteiger partial charge >= 0.3 is 0 Å². The van der Waals surface area contributed by atoms with Crippen LogP contribution in [0.2, 0.25) is 0 Å². The molecule has 5 rings (SSSR count). The minimum atomic E-state index is -0.323. The van der Waals surface area contributed by atoms with Crippen molar-refractivity contribution >= 4 is 45.7 Å². The first-order valence-electron chi connectivity index (χ1n) is 9.25. The molecule has 0 atom stereocenters. The Hall–Kier alpha value is -2.80. The summed E-state index contributed by atoms with van der Waals surface area (Å²) in [5.41, 5.74) is 9.12. The predicted octanol–water partition coefficient (Wildman–Crippen LogP) is 4.04. The van der Waals surface area contributed by atoms with Crippen molar-refractivity contribution in [1.29, 1.82) is 0 Å². The smallest absolute Gasteiger partial charge is 0.283 e. The zero-order valence-corrected chi connectivity index (χ0v) is 15.6. The summed E-state index contributed by atoms with van der Waals surface area (Å²) >= 11 is 1.49. The predicted molar refractivity (Wildman–Crippen MR) is 110 cm³/mol. The highest BCUT2D eigenvalue weighted by molar-refractivity contribution is 7.16. The highest BCUT2D eigenvalue weighted by atomic mass is 32.1. The Morgan fingerprint density at radius 2 is 2.00 bits per heavy atom. The number of aromatic nitrogens is 3. The van der Waals surface area contributed by atoms with Gasteiger partial charge in [-0.15, -0.1) is 0 Å². The van der Waals surface area contributed by atoms with Gasteiger partial charge in [-0.25, -0.2) is 0 Å². The van der Waals surface area contributed by atoms with E-state index in [1.165, 1.54) is 30.6 Å². The molecule has 1 fully saturated rings. The number of allylic oxidation sites excluding steroid dienone is 1. The first kappa shape index (κ1) is 16.4. The van der Waals surface area contributed by atoms with Gasteiger partial charge in [-0.05, 0) is 25.0 Å². The van der Waals surface area contributed by atoms with Gasteiger partial charge < -0.3 is 5.73 Å². The zero-order valence-electron chi connectivity index (χ0n) is 14.8. The second-order valence-electron chi connectivity index (χ2n) is 7.06. The molecule has 0 amide bonds. The van der Waals surface area contributed by atoms with Crippen molar-refractivity contribution in [3.8, 4) is 0 Å². The Bertz CT molecular complexity index is 1150. The van der Waals surface area contributed by atoms with Crippen LogP contribution in [-0.2, 0) is 0 Å². The first-order chi connectivity index (χ1) is 13.2. The fourth-order valence-corrected chi connectivity index (χ4v) is 4.92. The number of anilines is 1. The lowest BCUT2D eigenvalue weighted by atomic mass is 9.90. The molecule has 0 bridgehead atoms. The van der Waals surface area contributed by atoms with E-state index >= 15 is 0 Å². The number of rotatable bonds is 2. The maximum Gasteiger partial charge on any atom is 0.283 e. The minimum Gasteiger partial charge on any atom is -0.383 e. The van der Waals surface area contributed by atoms with E-state index < -0.39 is 0 Å². The van der Waals surface area contributed by atoms with E-state index in [4.69, 9.17) is 10.8 Å². The molecule has 7 heteroatoms. The molecule has 0 radical (unpaired) electrons. The zero-order chi connectivity index (χ0) is 18.4. The topological polar surface area (TPSA) is 85.6 Å². The van der Waals surface area contributed by atoms with Crippen LogP contribution < -0.4 is 11.3 Å². The summed E-state index contributed by atoms with van der Waals surface area (Å²) in [7, 11) is 0. The third kappa shape index (κ3) is 2.78. The van der Waals surface area contributed by atoms with E-state index in [2.05, 4.69) is 9.98 Å². The molecular formula is C20H19N5OS. The van der Waals surface area contributed by atoms with Crippen molar-refractivity contribution < 1.29 is 0 Å². The summed E-state index contributed by atoms with van der Waals surface area (Å²) in [5, 5.41) is 5.74. The van der Waals surface area contributed by atoms with Crippen LogP contribution in [0.1, 0.15) is 54.2 Å². The number of hydrogen-bond acceptors (Lipinski definition) is 6. The van der Waals surface area contributed by atoms with Gasteiger partial charge in [0, 0.05) is 23.3 Å². The third-order valence-corrected chi connectivity index (χ3v) is 6.39. The molecule has 1 aliphatic heterocycles. The average molecular weight is 377 g/mol. The van der Waals surface area contributed by atoms with Gasteiger partial charge in [0.05, 0.1) is 11.3 Å². The number of benzene rings is 1. The van der Waals surface area contributed by atoms with Crippen molar-refractivity contribution in [2.24, 2.45) is 4.99 Å². The van der Waals surface area contributed by atoms with E-state index in [0.29, 0.717) is 22.3 Å². The maximum absolute atomic E-state index is 12.6. The van der Waals surface area contributed by atoms with Crippen LogP contribution in [0.5, 0.6) is 0 Å². The molecule has 27 heavy (non-hydrogen) atoms. The van der Waals surface area contributed by atoms with Gasteiger partial charge in [-0.1, -0.05) is 48.8 Å². The molecule has 2 aromatic heterocycles. The van der Waals surface area contributed by atoms with E-state index in [9.17, 15) is 4.79 Å². The van der Waals surface area contributed by atoms with Crippen molar-refractivity contribution in [1.82, 2.24) is 14.6 Å². The van der Waals surface area contributed by atoms with Gasteiger partial charge in [0.1, 0.15) is 10.8 Å². The molecule has 2 N–H and O–H groups in total. The molecule has 1 aromatic carbocycles. The molecule has 136 valence electrons. The summed E-state index contributed by atoms with van der Waals surface area (Å²) in [5.74, 6) is 0.796. The van der Waals surface area contributed by atoms with Crippen LogP contribution in [0.3, 0.4) is 0 Å². The number of nitrogen functional groups attached to an aromatic ring is 1. The van der Waals surface area contributed by atoms with Crippen molar-refractivity contribution in [3.05, 3.63) is 50.8 Å². The summed E-state index contributed by atoms with van der Waals surface area (Å²) in [6.45, 7) is 0. The van der Waals surface area contributed by atoms with Crippen LogP contribution in [0.25, 0.3) is 16.6 Å². The number of para-hydroxylation sites is 1. The average Bonchev–Trinajstić information content (AvgIpc) is 3.30. The number of nitrogens with two attached hydrogens (primary N) is 1. The van der Waals surface area contributed by atoms with Crippen LogP contribution in [-0.4, -0.2) is 20.8 Å². The lowest BCUT2D eigenvalue weighted by Gasteiger charge is -2.18. The molecule has 0 unspecified atom stereocenters. The SMILES string of the molecule is Nc1c(/C=C2/C=Nc3ccccc32)c(=O)nc2sc(C3CCCCC3)nn12. The molecule has 3 heterocycles. The molecular weight excluding hydrogens is 358 g/mol.